The molecule has 0 spiro atoms. The molecule has 2 amide bonds. The van der Waals surface area contributed by atoms with Crippen LogP contribution in [0.25, 0.3) is 0 Å². The fourth-order valence-electron chi connectivity index (χ4n) is 2.05. The largest absolute Gasteiger partial charge is 0.366 e. The Morgan fingerprint density at radius 1 is 1.38 bits per heavy atom. The molecule has 108 valence electrons. The molecule has 1 heterocycles. The number of carbonyl (C=O) groups is 2. The summed E-state index contributed by atoms with van der Waals surface area (Å²) in [4.78, 5) is 27.4. The van der Waals surface area contributed by atoms with Gasteiger partial charge in [-0.05, 0) is 43.5 Å². The van der Waals surface area contributed by atoms with Crippen molar-refractivity contribution in [3.8, 4) is 0 Å². The number of aromatic nitrogens is 3. The molecule has 0 aliphatic heterocycles. The van der Waals surface area contributed by atoms with Gasteiger partial charge >= 0.3 is 0 Å². The lowest BCUT2D eigenvalue weighted by atomic mass is 10.1. The molecule has 0 unspecified atom stereocenters. The third-order valence-electron chi connectivity index (χ3n) is 3.43. The van der Waals surface area contributed by atoms with Crippen molar-refractivity contribution in [2.45, 2.75) is 25.7 Å². The highest BCUT2D eigenvalue weighted by Gasteiger charge is 2.28. The third-order valence-corrected chi connectivity index (χ3v) is 3.43. The molecule has 1 aliphatic carbocycles. The van der Waals surface area contributed by atoms with Crippen molar-refractivity contribution >= 4 is 17.5 Å². The first kappa shape index (κ1) is 13.3. The van der Waals surface area contributed by atoms with Crippen LogP contribution in [-0.4, -0.2) is 27.0 Å². The van der Waals surface area contributed by atoms with Gasteiger partial charge in [-0.1, -0.05) is 0 Å². The highest BCUT2D eigenvalue weighted by Crippen LogP contribution is 2.37. The van der Waals surface area contributed by atoms with Crippen LogP contribution in [0.15, 0.2) is 18.2 Å². The van der Waals surface area contributed by atoms with E-state index in [1.807, 2.05) is 0 Å². The Kier molecular flexibility index (Phi) is 3.17. The molecule has 1 aliphatic rings. The average Bonchev–Trinajstić information content (AvgIpc) is 3.18. The van der Waals surface area contributed by atoms with E-state index in [9.17, 15) is 9.59 Å². The quantitative estimate of drug-likeness (QED) is 0.786. The molecule has 1 aromatic carbocycles. The number of benzene rings is 1. The SMILES string of the molecule is Cc1cc(C(N)=O)ccc1NC(=O)c1n[nH]c(C2CC2)n1. The van der Waals surface area contributed by atoms with Gasteiger partial charge in [-0.2, -0.15) is 0 Å². The van der Waals surface area contributed by atoms with Gasteiger partial charge in [0.25, 0.3) is 5.91 Å². The molecule has 4 N–H and O–H groups in total. The second-order valence-electron chi connectivity index (χ2n) is 5.17. The van der Waals surface area contributed by atoms with Gasteiger partial charge in [0.15, 0.2) is 0 Å². The Bertz CT molecular complexity index is 718. The van der Waals surface area contributed by atoms with Crippen LogP contribution in [0.3, 0.4) is 0 Å². The van der Waals surface area contributed by atoms with E-state index in [1.165, 1.54) is 0 Å². The van der Waals surface area contributed by atoms with Crippen molar-refractivity contribution in [3.63, 3.8) is 0 Å². The van der Waals surface area contributed by atoms with Crippen LogP contribution in [0.5, 0.6) is 0 Å². The van der Waals surface area contributed by atoms with Gasteiger partial charge in [0, 0.05) is 17.2 Å². The van der Waals surface area contributed by atoms with Crippen LogP contribution >= 0.6 is 0 Å². The summed E-state index contributed by atoms with van der Waals surface area (Å²) < 4.78 is 0. The molecular weight excluding hydrogens is 270 g/mol. The van der Waals surface area contributed by atoms with E-state index in [2.05, 4.69) is 20.5 Å². The smallest absolute Gasteiger partial charge is 0.295 e. The molecule has 7 heteroatoms. The van der Waals surface area contributed by atoms with Crippen molar-refractivity contribution in [3.05, 3.63) is 41.0 Å². The van der Waals surface area contributed by atoms with E-state index in [0.717, 1.165) is 24.2 Å². The summed E-state index contributed by atoms with van der Waals surface area (Å²) in [6.45, 7) is 1.79. The predicted octanol–water partition coefficient (Wildman–Crippen LogP) is 1.34. The number of primary amides is 1. The van der Waals surface area contributed by atoms with Crippen molar-refractivity contribution in [1.29, 1.82) is 0 Å². The molecule has 0 atom stereocenters. The Morgan fingerprint density at radius 2 is 2.14 bits per heavy atom. The number of carbonyl (C=O) groups excluding carboxylic acids is 2. The number of nitrogens with zero attached hydrogens (tertiary/aromatic N) is 2. The zero-order valence-electron chi connectivity index (χ0n) is 11.5. The maximum absolute atomic E-state index is 12.1. The topological polar surface area (TPSA) is 114 Å². The molecule has 1 aromatic heterocycles. The van der Waals surface area contributed by atoms with E-state index in [1.54, 1.807) is 25.1 Å². The number of nitrogens with two attached hydrogens (primary N) is 1. The number of aromatic amines is 1. The standard InChI is InChI=1S/C14H15N5O2/c1-7-6-9(11(15)20)4-5-10(7)16-14(21)13-17-12(18-19-13)8-2-3-8/h4-6,8H,2-3H2,1H3,(H2,15,20)(H,16,21)(H,17,18,19). The van der Waals surface area contributed by atoms with Gasteiger partial charge in [-0.25, -0.2) is 4.98 Å². The zero-order chi connectivity index (χ0) is 15.0. The Balaban J connectivity index is 1.75. The lowest BCUT2D eigenvalue weighted by Crippen LogP contribution is -2.16. The third kappa shape index (κ3) is 2.76. The summed E-state index contributed by atoms with van der Waals surface area (Å²) >= 11 is 0. The summed E-state index contributed by atoms with van der Waals surface area (Å²) in [6, 6.07) is 4.84. The lowest BCUT2D eigenvalue weighted by molar-refractivity contribution is 0.0997. The number of nitrogens with one attached hydrogen (secondary N) is 2. The molecule has 21 heavy (non-hydrogen) atoms. The fraction of sp³-hybridized carbons (Fsp3) is 0.286. The minimum atomic E-state index is -0.501. The fourth-order valence-corrected chi connectivity index (χ4v) is 2.05. The van der Waals surface area contributed by atoms with Crippen LogP contribution in [-0.2, 0) is 0 Å². The van der Waals surface area contributed by atoms with E-state index in [0.29, 0.717) is 17.2 Å². The van der Waals surface area contributed by atoms with Crippen LogP contribution in [0.4, 0.5) is 5.69 Å². The van der Waals surface area contributed by atoms with Gasteiger partial charge in [-0.15, -0.1) is 5.10 Å². The minimum absolute atomic E-state index is 0.121. The number of aryl methyl sites for hydroxylation is 1. The van der Waals surface area contributed by atoms with Crippen molar-refractivity contribution in [2.24, 2.45) is 5.73 Å². The average molecular weight is 285 g/mol. The first-order valence-electron chi connectivity index (χ1n) is 6.68. The second kappa shape index (κ2) is 5.01. The van der Waals surface area contributed by atoms with Crippen LogP contribution in [0.1, 0.15) is 51.1 Å². The number of hydrogen-bond donors (Lipinski definition) is 3. The first-order chi connectivity index (χ1) is 10.0. The number of hydrogen-bond acceptors (Lipinski definition) is 4. The summed E-state index contributed by atoms with van der Waals surface area (Å²) in [5.41, 5.74) is 6.96. The van der Waals surface area contributed by atoms with Crippen LogP contribution in [0.2, 0.25) is 0 Å². The molecule has 3 rings (SSSR count). The Hall–Kier alpha value is -2.70. The van der Waals surface area contributed by atoms with Gasteiger partial charge in [-0.3, -0.25) is 14.7 Å². The molecule has 0 bridgehead atoms. The molecule has 0 radical (unpaired) electrons. The summed E-state index contributed by atoms with van der Waals surface area (Å²) in [6.07, 6.45) is 2.17. The molecule has 7 nitrogen and oxygen atoms in total. The second-order valence-corrected chi connectivity index (χ2v) is 5.17. The van der Waals surface area contributed by atoms with Crippen LogP contribution < -0.4 is 11.1 Å². The van der Waals surface area contributed by atoms with Crippen molar-refractivity contribution in [1.82, 2.24) is 15.2 Å². The van der Waals surface area contributed by atoms with E-state index >= 15 is 0 Å². The first-order valence-corrected chi connectivity index (χ1v) is 6.68. The predicted molar refractivity (Wildman–Crippen MR) is 76.0 cm³/mol. The van der Waals surface area contributed by atoms with E-state index in [4.69, 9.17) is 5.73 Å². The summed E-state index contributed by atoms with van der Waals surface area (Å²) in [5.74, 6) is 0.416. The highest BCUT2D eigenvalue weighted by atomic mass is 16.2. The van der Waals surface area contributed by atoms with Crippen LogP contribution in [0, 0.1) is 6.92 Å². The van der Waals surface area contributed by atoms with Gasteiger partial charge in [0.05, 0.1) is 0 Å². The number of rotatable bonds is 4. The molecular formula is C14H15N5O2. The van der Waals surface area contributed by atoms with E-state index < -0.39 is 5.91 Å². The highest BCUT2D eigenvalue weighted by molar-refractivity contribution is 6.02. The summed E-state index contributed by atoms with van der Waals surface area (Å²) in [5, 5.41) is 9.45. The van der Waals surface area contributed by atoms with E-state index in [-0.39, 0.29) is 11.7 Å². The number of H-pyrrole nitrogens is 1. The zero-order valence-corrected chi connectivity index (χ0v) is 11.5. The van der Waals surface area contributed by atoms with Crippen molar-refractivity contribution < 1.29 is 9.59 Å². The molecule has 1 fully saturated rings. The minimum Gasteiger partial charge on any atom is -0.366 e. The molecule has 2 aromatic rings. The van der Waals surface area contributed by atoms with Crippen molar-refractivity contribution in [2.75, 3.05) is 5.32 Å². The van der Waals surface area contributed by atoms with Gasteiger partial charge in [0.1, 0.15) is 5.82 Å². The monoisotopic (exact) mass is 285 g/mol. The maximum atomic E-state index is 12.1. The lowest BCUT2D eigenvalue weighted by Gasteiger charge is -2.07. The number of anilines is 1. The van der Waals surface area contributed by atoms with Gasteiger partial charge in [0.2, 0.25) is 11.7 Å². The normalized spacial score (nSPS) is 14.0. The summed E-state index contributed by atoms with van der Waals surface area (Å²) in [7, 11) is 0. The molecule has 0 saturated heterocycles. The van der Waals surface area contributed by atoms with Gasteiger partial charge < -0.3 is 11.1 Å². The maximum Gasteiger partial charge on any atom is 0.295 e. The number of amides is 2. The Morgan fingerprint density at radius 3 is 2.76 bits per heavy atom. The Labute approximate surface area is 121 Å². The molecule has 1 saturated carbocycles.